The molecule has 1 saturated carbocycles. The SMILES string of the molecule is Cl.O=C(CC1CSCCN1)NCCCNC(=O)C1CCC1. The molecule has 0 aromatic rings. The maximum atomic E-state index is 11.7. The first kappa shape index (κ1) is 18.6. The number of hydrogen-bond acceptors (Lipinski definition) is 4. The highest BCUT2D eigenvalue weighted by Crippen LogP contribution is 2.25. The molecule has 21 heavy (non-hydrogen) atoms. The Morgan fingerprint density at radius 2 is 1.95 bits per heavy atom. The van der Waals surface area contributed by atoms with Crippen LogP contribution in [0, 0.1) is 5.92 Å². The Morgan fingerprint density at radius 3 is 2.57 bits per heavy atom. The first-order chi connectivity index (χ1) is 9.75. The molecule has 0 aromatic carbocycles. The van der Waals surface area contributed by atoms with Crippen LogP contribution in [-0.2, 0) is 9.59 Å². The molecule has 0 spiro atoms. The molecule has 2 aliphatic rings. The Bertz CT molecular complexity index is 334. The van der Waals surface area contributed by atoms with Crippen LogP contribution in [-0.4, -0.2) is 49.0 Å². The van der Waals surface area contributed by atoms with Crippen LogP contribution in [0.25, 0.3) is 0 Å². The van der Waals surface area contributed by atoms with E-state index < -0.39 is 0 Å². The van der Waals surface area contributed by atoms with Crippen molar-refractivity contribution >= 4 is 36.0 Å². The lowest BCUT2D eigenvalue weighted by atomic mass is 9.85. The van der Waals surface area contributed by atoms with Crippen molar-refractivity contribution in [3.8, 4) is 0 Å². The molecule has 3 N–H and O–H groups in total. The summed E-state index contributed by atoms with van der Waals surface area (Å²) in [7, 11) is 0. The molecular formula is C14H26ClN3O2S. The number of thioether (sulfide) groups is 1. The predicted octanol–water partition coefficient (Wildman–Crippen LogP) is 0.926. The van der Waals surface area contributed by atoms with Gasteiger partial charge >= 0.3 is 0 Å². The van der Waals surface area contributed by atoms with Crippen molar-refractivity contribution in [3.63, 3.8) is 0 Å². The molecule has 0 bridgehead atoms. The molecule has 0 radical (unpaired) electrons. The molecule has 1 aliphatic heterocycles. The average molecular weight is 336 g/mol. The third-order valence-corrected chi connectivity index (χ3v) is 5.01. The van der Waals surface area contributed by atoms with E-state index in [2.05, 4.69) is 16.0 Å². The molecule has 1 saturated heterocycles. The number of halogens is 1. The Hall–Kier alpha value is -0.460. The topological polar surface area (TPSA) is 70.2 Å². The van der Waals surface area contributed by atoms with Crippen molar-refractivity contribution in [2.45, 2.75) is 38.1 Å². The van der Waals surface area contributed by atoms with Crippen molar-refractivity contribution in [3.05, 3.63) is 0 Å². The van der Waals surface area contributed by atoms with Gasteiger partial charge in [0.1, 0.15) is 0 Å². The van der Waals surface area contributed by atoms with Crippen molar-refractivity contribution in [1.29, 1.82) is 0 Å². The minimum atomic E-state index is 0. The summed E-state index contributed by atoms with van der Waals surface area (Å²) < 4.78 is 0. The molecule has 1 heterocycles. The summed E-state index contributed by atoms with van der Waals surface area (Å²) in [6, 6.07) is 0.312. The highest BCUT2D eigenvalue weighted by atomic mass is 35.5. The zero-order valence-corrected chi connectivity index (χ0v) is 14.0. The molecule has 0 aromatic heterocycles. The molecule has 2 amide bonds. The van der Waals surface area contributed by atoms with E-state index in [1.54, 1.807) is 0 Å². The van der Waals surface area contributed by atoms with Gasteiger partial charge in [-0.15, -0.1) is 12.4 Å². The van der Waals surface area contributed by atoms with E-state index >= 15 is 0 Å². The summed E-state index contributed by atoms with van der Waals surface area (Å²) in [6.45, 7) is 2.30. The van der Waals surface area contributed by atoms with Gasteiger partial charge in [0.15, 0.2) is 0 Å². The van der Waals surface area contributed by atoms with Crippen LogP contribution in [0.3, 0.4) is 0 Å². The van der Waals surface area contributed by atoms with Crippen LogP contribution in [0.15, 0.2) is 0 Å². The van der Waals surface area contributed by atoms with Gasteiger partial charge in [-0.25, -0.2) is 0 Å². The van der Waals surface area contributed by atoms with E-state index in [-0.39, 0.29) is 30.1 Å². The minimum absolute atomic E-state index is 0. The summed E-state index contributed by atoms with van der Waals surface area (Å²) in [4.78, 5) is 23.3. The summed E-state index contributed by atoms with van der Waals surface area (Å²) in [5.41, 5.74) is 0. The number of hydrogen-bond donors (Lipinski definition) is 3. The van der Waals surface area contributed by atoms with Gasteiger partial charge in [-0.05, 0) is 19.3 Å². The number of carbonyl (C=O) groups excluding carboxylic acids is 2. The van der Waals surface area contributed by atoms with Gasteiger partial charge in [0.05, 0.1) is 0 Å². The fraction of sp³-hybridized carbons (Fsp3) is 0.857. The Kier molecular flexibility index (Phi) is 9.11. The fourth-order valence-corrected chi connectivity index (χ4v) is 3.34. The number of nitrogens with one attached hydrogen (secondary N) is 3. The normalized spacial score (nSPS) is 21.8. The van der Waals surface area contributed by atoms with Crippen molar-refractivity contribution in [2.24, 2.45) is 5.92 Å². The summed E-state index contributed by atoms with van der Waals surface area (Å²) in [5, 5.41) is 9.21. The van der Waals surface area contributed by atoms with Crippen LogP contribution in [0.4, 0.5) is 0 Å². The third-order valence-electron chi connectivity index (χ3n) is 3.88. The first-order valence-electron chi connectivity index (χ1n) is 7.61. The van der Waals surface area contributed by atoms with Crippen molar-refractivity contribution in [2.75, 3.05) is 31.1 Å². The second-order valence-corrected chi connectivity index (χ2v) is 6.70. The molecule has 2 fully saturated rings. The zero-order valence-electron chi connectivity index (χ0n) is 12.4. The van der Waals surface area contributed by atoms with E-state index in [1.807, 2.05) is 11.8 Å². The fourth-order valence-electron chi connectivity index (χ4n) is 2.39. The number of amides is 2. The maximum Gasteiger partial charge on any atom is 0.223 e. The minimum Gasteiger partial charge on any atom is -0.356 e. The molecule has 1 unspecified atom stereocenters. The zero-order chi connectivity index (χ0) is 14.2. The third kappa shape index (κ3) is 6.89. The maximum absolute atomic E-state index is 11.7. The lowest BCUT2D eigenvalue weighted by molar-refractivity contribution is -0.127. The van der Waals surface area contributed by atoms with E-state index in [4.69, 9.17) is 0 Å². The van der Waals surface area contributed by atoms with Crippen molar-refractivity contribution < 1.29 is 9.59 Å². The van der Waals surface area contributed by atoms with Crippen LogP contribution in [0.1, 0.15) is 32.1 Å². The van der Waals surface area contributed by atoms with Gasteiger partial charge in [0.2, 0.25) is 11.8 Å². The molecule has 1 aliphatic carbocycles. The van der Waals surface area contributed by atoms with Gasteiger partial charge < -0.3 is 16.0 Å². The molecule has 122 valence electrons. The second-order valence-electron chi connectivity index (χ2n) is 5.55. The van der Waals surface area contributed by atoms with Gasteiger partial charge in [-0.2, -0.15) is 11.8 Å². The average Bonchev–Trinajstić information content (AvgIpc) is 2.37. The lowest BCUT2D eigenvalue weighted by Crippen LogP contribution is -2.41. The molecular weight excluding hydrogens is 310 g/mol. The second kappa shape index (κ2) is 10.3. The molecule has 7 heteroatoms. The van der Waals surface area contributed by atoms with E-state index in [9.17, 15) is 9.59 Å². The first-order valence-corrected chi connectivity index (χ1v) is 8.76. The quantitative estimate of drug-likeness (QED) is 0.605. The van der Waals surface area contributed by atoms with Gasteiger partial charge in [0, 0.05) is 49.5 Å². The smallest absolute Gasteiger partial charge is 0.223 e. The number of rotatable bonds is 7. The monoisotopic (exact) mass is 335 g/mol. The highest BCUT2D eigenvalue weighted by Gasteiger charge is 2.24. The van der Waals surface area contributed by atoms with Crippen LogP contribution < -0.4 is 16.0 Å². The Morgan fingerprint density at radius 1 is 1.19 bits per heavy atom. The predicted molar refractivity (Wildman–Crippen MR) is 89.0 cm³/mol. The van der Waals surface area contributed by atoms with E-state index in [0.29, 0.717) is 25.6 Å². The molecule has 1 atom stereocenters. The molecule has 2 rings (SSSR count). The summed E-state index contributed by atoms with van der Waals surface area (Å²) >= 11 is 1.90. The van der Waals surface area contributed by atoms with Crippen molar-refractivity contribution in [1.82, 2.24) is 16.0 Å². The van der Waals surface area contributed by atoms with Crippen LogP contribution in [0.2, 0.25) is 0 Å². The van der Waals surface area contributed by atoms with Gasteiger partial charge in [-0.1, -0.05) is 6.42 Å². The van der Waals surface area contributed by atoms with Gasteiger partial charge in [0.25, 0.3) is 0 Å². The Labute approximate surface area is 137 Å². The number of carbonyl (C=O) groups is 2. The standard InChI is InChI=1S/C14H25N3O2S.ClH/c18-13(9-12-10-20-8-7-15-12)16-5-2-6-17-14(19)11-3-1-4-11;/h11-12,15H,1-10H2,(H,16,18)(H,17,19);1H. The van der Waals surface area contributed by atoms with Crippen LogP contribution >= 0.6 is 24.2 Å². The summed E-state index contributed by atoms with van der Waals surface area (Å²) in [5.74, 6) is 2.70. The summed E-state index contributed by atoms with van der Waals surface area (Å²) in [6.07, 6.45) is 4.62. The Balaban J connectivity index is 0.00000220. The van der Waals surface area contributed by atoms with E-state index in [1.165, 1.54) is 6.42 Å². The van der Waals surface area contributed by atoms with Crippen LogP contribution in [0.5, 0.6) is 0 Å². The highest BCUT2D eigenvalue weighted by molar-refractivity contribution is 7.99. The largest absolute Gasteiger partial charge is 0.356 e. The van der Waals surface area contributed by atoms with E-state index in [0.717, 1.165) is 37.3 Å². The molecule has 5 nitrogen and oxygen atoms in total. The lowest BCUT2D eigenvalue weighted by Gasteiger charge is -2.24. The van der Waals surface area contributed by atoms with Gasteiger partial charge in [-0.3, -0.25) is 9.59 Å².